The molecule has 1 amide bonds. The molecule has 0 aromatic carbocycles. The Morgan fingerprint density at radius 3 is 2.67 bits per heavy atom. The van der Waals surface area contributed by atoms with Gasteiger partial charge >= 0.3 is 6.16 Å². The molecule has 1 rings (SSSR count). The zero-order chi connectivity index (χ0) is 13.5. The lowest BCUT2D eigenvalue weighted by Crippen LogP contribution is -2.17. The average molecular weight is 256 g/mol. The standard InChI is InChI=1S/C10H12N2O6/c1-15-6-3-4-12-7(9(11)13)8(6)17-5-18-10(14)16-2/h3-4H,5H2,1-2H3,(H2,11,13). The number of carbonyl (C=O) groups is 2. The summed E-state index contributed by atoms with van der Waals surface area (Å²) >= 11 is 0. The molecule has 0 saturated heterocycles. The number of aromatic nitrogens is 1. The van der Waals surface area contributed by atoms with E-state index in [2.05, 4.69) is 14.5 Å². The molecule has 0 radical (unpaired) electrons. The van der Waals surface area contributed by atoms with Crippen molar-refractivity contribution in [2.45, 2.75) is 0 Å². The molecule has 0 aliphatic carbocycles. The van der Waals surface area contributed by atoms with Gasteiger partial charge in [0, 0.05) is 12.3 Å². The van der Waals surface area contributed by atoms with Crippen LogP contribution in [0.1, 0.15) is 10.5 Å². The van der Waals surface area contributed by atoms with Gasteiger partial charge in [-0.2, -0.15) is 0 Å². The summed E-state index contributed by atoms with van der Waals surface area (Å²) in [4.78, 5) is 25.6. The fraction of sp³-hybridized carbons (Fsp3) is 0.300. The van der Waals surface area contributed by atoms with Crippen LogP contribution in [0.5, 0.6) is 11.5 Å². The number of hydrogen-bond donors (Lipinski definition) is 1. The van der Waals surface area contributed by atoms with Gasteiger partial charge in [0.1, 0.15) is 0 Å². The normalized spacial score (nSPS) is 9.44. The van der Waals surface area contributed by atoms with Gasteiger partial charge in [-0.05, 0) is 0 Å². The molecule has 0 bridgehead atoms. The number of nitrogens with zero attached hydrogens (tertiary/aromatic N) is 1. The second-order valence-electron chi connectivity index (χ2n) is 2.92. The summed E-state index contributed by atoms with van der Waals surface area (Å²) in [5, 5.41) is 0. The molecule has 1 heterocycles. The van der Waals surface area contributed by atoms with Crippen molar-refractivity contribution in [3.8, 4) is 11.5 Å². The molecule has 1 aromatic heterocycles. The lowest BCUT2D eigenvalue weighted by molar-refractivity contribution is 0.0136. The van der Waals surface area contributed by atoms with Crippen LogP contribution in [0.2, 0.25) is 0 Å². The first kappa shape index (κ1) is 13.6. The monoisotopic (exact) mass is 256 g/mol. The van der Waals surface area contributed by atoms with Gasteiger partial charge in [0.2, 0.25) is 6.79 Å². The fourth-order valence-corrected chi connectivity index (χ4v) is 1.10. The lowest BCUT2D eigenvalue weighted by Gasteiger charge is -2.12. The highest BCUT2D eigenvalue weighted by molar-refractivity contribution is 5.94. The van der Waals surface area contributed by atoms with Crippen LogP contribution in [-0.2, 0) is 9.47 Å². The van der Waals surface area contributed by atoms with Crippen molar-refractivity contribution in [1.82, 2.24) is 4.98 Å². The smallest absolute Gasteiger partial charge is 0.493 e. The largest absolute Gasteiger partial charge is 0.510 e. The average Bonchev–Trinajstić information content (AvgIpc) is 2.38. The molecule has 0 unspecified atom stereocenters. The van der Waals surface area contributed by atoms with E-state index in [9.17, 15) is 9.59 Å². The number of rotatable bonds is 5. The first-order valence-corrected chi connectivity index (χ1v) is 4.76. The molecule has 0 fully saturated rings. The van der Waals surface area contributed by atoms with E-state index in [1.165, 1.54) is 19.4 Å². The van der Waals surface area contributed by atoms with Crippen LogP contribution < -0.4 is 15.2 Å². The minimum atomic E-state index is -0.918. The third kappa shape index (κ3) is 3.24. The van der Waals surface area contributed by atoms with Gasteiger partial charge in [-0.25, -0.2) is 9.78 Å². The second kappa shape index (κ2) is 6.28. The molecule has 0 atom stereocenters. The van der Waals surface area contributed by atoms with Crippen LogP contribution in [-0.4, -0.2) is 38.1 Å². The molecule has 2 N–H and O–H groups in total. The summed E-state index contributed by atoms with van der Waals surface area (Å²) in [6, 6.07) is 1.47. The molecule has 98 valence electrons. The Labute approximate surface area is 103 Å². The highest BCUT2D eigenvalue weighted by Crippen LogP contribution is 2.29. The summed E-state index contributed by atoms with van der Waals surface area (Å²) in [5.41, 5.74) is 5.00. The Morgan fingerprint density at radius 1 is 1.39 bits per heavy atom. The molecule has 0 aliphatic rings. The molecule has 8 heteroatoms. The second-order valence-corrected chi connectivity index (χ2v) is 2.92. The quantitative estimate of drug-likeness (QED) is 0.596. The zero-order valence-electron chi connectivity index (χ0n) is 9.84. The minimum Gasteiger partial charge on any atom is -0.493 e. The third-order valence-electron chi connectivity index (χ3n) is 1.87. The van der Waals surface area contributed by atoms with E-state index in [1.807, 2.05) is 0 Å². The van der Waals surface area contributed by atoms with Crippen molar-refractivity contribution in [2.75, 3.05) is 21.0 Å². The number of amides is 1. The maximum Gasteiger partial charge on any atom is 0.510 e. The summed E-state index contributed by atoms with van der Waals surface area (Å²) in [7, 11) is 2.54. The Balaban J connectivity index is 2.84. The number of ether oxygens (including phenoxy) is 4. The Morgan fingerprint density at radius 2 is 2.11 bits per heavy atom. The topological polar surface area (TPSA) is 110 Å². The number of carbonyl (C=O) groups excluding carboxylic acids is 2. The lowest BCUT2D eigenvalue weighted by atomic mass is 10.3. The van der Waals surface area contributed by atoms with Gasteiger partial charge < -0.3 is 24.7 Å². The predicted molar refractivity (Wildman–Crippen MR) is 58.3 cm³/mol. The van der Waals surface area contributed by atoms with E-state index < -0.39 is 18.9 Å². The summed E-state index contributed by atoms with van der Waals surface area (Å²) in [6.45, 7) is -0.463. The van der Waals surface area contributed by atoms with Crippen LogP contribution in [0.25, 0.3) is 0 Å². The molecule has 0 saturated carbocycles. The first-order valence-electron chi connectivity index (χ1n) is 4.76. The predicted octanol–water partition coefficient (Wildman–Crippen LogP) is 0.308. The van der Waals surface area contributed by atoms with Gasteiger partial charge in [0.25, 0.3) is 5.91 Å². The molecule has 18 heavy (non-hydrogen) atoms. The van der Waals surface area contributed by atoms with Crippen LogP contribution in [0.3, 0.4) is 0 Å². The Kier molecular flexibility index (Phi) is 4.73. The van der Waals surface area contributed by atoms with Gasteiger partial charge in [0.15, 0.2) is 17.2 Å². The van der Waals surface area contributed by atoms with E-state index in [1.54, 1.807) is 0 Å². The fourth-order valence-electron chi connectivity index (χ4n) is 1.10. The highest BCUT2D eigenvalue weighted by atomic mass is 16.8. The van der Waals surface area contributed by atoms with Crippen LogP contribution in [0, 0.1) is 0 Å². The number of hydrogen-bond acceptors (Lipinski definition) is 7. The Bertz CT molecular complexity index is 448. The summed E-state index contributed by atoms with van der Waals surface area (Å²) in [6.07, 6.45) is 0.422. The first-order chi connectivity index (χ1) is 8.60. The maximum absolute atomic E-state index is 11.1. The van der Waals surface area contributed by atoms with Crippen LogP contribution in [0.15, 0.2) is 12.3 Å². The summed E-state index contributed by atoms with van der Waals surface area (Å²) < 4.78 is 18.8. The highest BCUT2D eigenvalue weighted by Gasteiger charge is 2.17. The van der Waals surface area contributed by atoms with Crippen molar-refractivity contribution >= 4 is 12.1 Å². The SMILES string of the molecule is COC(=O)OCOc1c(OC)ccnc1C(N)=O. The van der Waals surface area contributed by atoms with E-state index in [-0.39, 0.29) is 17.2 Å². The molecule has 8 nitrogen and oxygen atoms in total. The number of nitrogens with two attached hydrogens (primary N) is 1. The molecule has 1 aromatic rings. The molecule has 0 aliphatic heterocycles. The Hall–Kier alpha value is -2.51. The maximum atomic E-state index is 11.1. The minimum absolute atomic E-state index is 0.00333. The molecule has 0 spiro atoms. The number of methoxy groups -OCH3 is 2. The van der Waals surface area contributed by atoms with E-state index >= 15 is 0 Å². The number of pyridine rings is 1. The molecular weight excluding hydrogens is 244 g/mol. The van der Waals surface area contributed by atoms with Crippen molar-refractivity contribution in [1.29, 1.82) is 0 Å². The summed E-state index contributed by atoms with van der Waals surface area (Å²) in [5.74, 6) is -0.550. The zero-order valence-corrected chi connectivity index (χ0v) is 9.84. The molecular formula is C10H12N2O6. The van der Waals surface area contributed by atoms with E-state index in [0.717, 1.165) is 7.11 Å². The van der Waals surface area contributed by atoms with Gasteiger partial charge in [-0.1, -0.05) is 0 Å². The number of primary amides is 1. The van der Waals surface area contributed by atoms with Gasteiger partial charge in [-0.3, -0.25) is 4.79 Å². The third-order valence-corrected chi connectivity index (χ3v) is 1.87. The van der Waals surface area contributed by atoms with Crippen LogP contribution in [0.4, 0.5) is 4.79 Å². The van der Waals surface area contributed by atoms with Gasteiger partial charge in [-0.15, -0.1) is 0 Å². The van der Waals surface area contributed by atoms with Crippen molar-refractivity contribution in [3.63, 3.8) is 0 Å². The van der Waals surface area contributed by atoms with E-state index in [4.69, 9.17) is 15.2 Å². The van der Waals surface area contributed by atoms with Crippen molar-refractivity contribution in [2.24, 2.45) is 5.73 Å². The van der Waals surface area contributed by atoms with Crippen molar-refractivity contribution < 1.29 is 28.5 Å². The van der Waals surface area contributed by atoms with Gasteiger partial charge in [0.05, 0.1) is 14.2 Å². The van der Waals surface area contributed by atoms with E-state index in [0.29, 0.717) is 0 Å². The van der Waals surface area contributed by atoms with Crippen LogP contribution >= 0.6 is 0 Å². The van der Waals surface area contributed by atoms with Crippen molar-refractivity contribution in [3.05, 3.63) is 18.0 Å².